The number of rotatable bonds is 4. The van der Waals surface area contributed by atoms with Crippen molar-refractivity contribution in [3.05, 3.63) is 35.4 Å². The predicted octanol–water partition coefficient (Wildman–Crippen LogP) is 1.49. The molecule has 17 heavy (non-hydrogen) atoms. The zero-order valence-corrected chi connectivity index (χ0v) is 10.2. The van der Waals surface area contributed by atoms with Gasteiger partial charge >= 0.3 is 5.97 Å². The molecule has 0 amide bonds. The number of benzene rings is 1. The van der Waals surface area contributed by atoms with Gasteiger partial charge in [0.1, 0.15) is 0 Å². The zero-order valence-electron chi connectivity index (χ0n) is 10.2. The first-order valence-corrected chi connectivity index (χ1v) is 5.27. The molecule has 1 N–H and O–H groups in total. The number of aliphatic hydroxyl groups is 1. The molecule has 4 nitrogen and oxygen atoms in total. The average Bonchev–Trinajstić information content (AvgIpc) is 2.28. The van der Waals surface area contributed by atoms with Gasteiger partial charge in [-0.15, -0.1) is 0 Å². The molecule has 1 aromatic carbocycles. The van der Waals surface area contributed by atoms with E-state index in [0.29, 0.717) is 5.56 Å². The number of carbonyl (C=O) groups excluding carboxylic acids is 2. The van der Waals surface area contributed by atoms with Crippen LogP contribution in [-0.4, -0.2) is 29.6 Å². The van der Waals surface area contributed by atoms with Gasteiger partial charge in [-0.3, -0.25) is 4.79 Å². The monoisotopic (exact) mass is 236 g/mol. The van der Waals surface area contributed by atoms with Gasteiger partial charge in [0, 0.05) is 5.56 Å². The SMILES string of the molecule is COC(=O)C(C)(O)CC(=O)c1ccc(C)cc1. The highest BCUT2D eigenvalue weighted by molar-refractivity contribution is 5.99. The number of hydrogen-bond acceptors (Lipinski definition) is 4. The van der Waals surface area contributed by atoms with E-state index in [1.54, 1.807) is 24.3 Å². The van der Waals surface area contributed by atoms with E-state index in [-0.39, 0.29) is 12.2 Å². The maximum absolute atomic E-state index is 11.8. The Labute approximate surface area is 100 Å². The number of hydrogen-bond donors (Lipinski definition) is 1. The van der Waals surface area contributed by atoms with Crippen molar-refractivity contribution in [1.82, 2.24) is 0 Å². The van der Waals surface area contributed by atoms with Crippen molar-refractivity contribution < 1.29 is 19.4 Å². The van der Waals surface area contributed by atoms with Crippen LogP contribution in [0.15, 0.2) is 24.3 Å². The van der Waals surface area contributed by atoms with E-state index in [1.165, 1.54) is 14.0 Å². The van der Waals surface area contributed by atoms with E-state index < -0.39 is 11.6 Å². The van der Waals surface area contributed by atoms with Crippen LogP contribution in [0.5, 0.6) is 0 Å². The molecule has 0 saturated heterocycles. The topological polar surface area (TPSA) is 63.6 Å². The summed E-state index contributed by atoms with van der Waals surface area (Å²) in [4.78, 5) is 23.1. The Hall–Kier alpha value is -1.68. The number of Topliss-reactive ketones (excluding diaryl/α,β-unsaturated/α-hetero) is 1. The van der Waals surface area contributed by atoms with Crippen molar-refractivity contribution in [2.75, 3.05) is 7.11 Å². The van der Waals surface area contributed by atoms with Gasteiger partial charge < -0.3 is 9.84 Å². The molecule has 1 rings (SSSR count). The number of methoxy groups -OCH3 is 1. The van der Waals surface area contributed by atoms with E-state index >= 15 is 0 Å². The second-order valence-corrected chi connectivity index (χ2v) is 4.23. The number of esters is 1. The fraction of sp³-hybridized carbons (Fsp3) is 0.385. The molecule has 0 fully saturated rings. The molecular formula is C13H16O4. The predicted molar refractivity (Wildman–Crippen MR) is 62.8 cm³/mol. The minimum atomic E-state index is -1.78. The molecule has 1 aromatic rings. The summed E-state index contributed by atoms with van der Waals surface area (Å²) in [5.41, 5.74) is -0.266. The molecular weight excluding hydrogens is 220 g/mol. The molecule has 0 aliphatic carbocycles. The molecule has 0 heterocycles. The Kier molecular flexibility index (Phi) is 4.02. The molecule has 4 heteroatoms. The largest absolute Gasteiger partial charge is 0.467 e. The van der Waals surface area contributed by atoms with E-state index in [4.69, 9.17) is 0 Å². The normalized spacial score (nSPS) is 13.9. The zero-order chi connectivity index (χ0) is 13.1. The standard InChI is InChI=1S/C13H16O4/c1-9-4-6-10(7-5-9)11(14)8-13(2,16)12(15)17-3/h4-7,16H,8H2,1-3H3. The minimum absolute atomic E-state index is 0.289. The highest BCUT2D eigenvalue weighted by Crippen LogP contribution is 2.16. The van der Waals surface area contributed by atoms with E-state index in [1.807, 2.05) is 6.92 Å². The summed E-state index contributed by atoms with van der Waals surface area (Å²) < 4.78 is 4.43. The van der Waals surface area contributed by atoms with Crippen molar-refractivity contribution in [3.63, 3.8) is 0 Å². The fourth-order valence-electron chi connectivity index (χ4n) is 1.45. The highest BCUT2D eigenvalue weighted by atomic mass is 16.5. The molecule has 0 aromatic heterocycles. The lowest BCUT2D eigenvalue weighted by molar-refractivity contribution is -0.160. The van der Waals surface area contributed by atoms with Crippen LogP contribution in [0.1, 0.15) is 29.3 Å². The Balaban J connectivity index is 2.79. The summed E-state index contributed by atoms with van der Waals surface area (Å²) in [5, 5.41) is 9.77. The van der Waals surface area contributed by atoms with Crippen molar-refractivity contribution in [2.45, 2.75) is 25.9 Å². The highest BCUT2D eigenvalue weighted by Gasteiger charge is 2.34. The second kappa shape index (κ2) is 5.10. The summed E-state index contributed by atoms with van der Waals surface area (Å²) in [6.45, 7) is 3.18. The lowest BCUT2D eigenvalue weighted by atomic mass is 9.95. The third-order valence-corrected chi connectivity index (χ3v) is 2.50. The maximum Gasteiger partial charge on any atom is 0.338 e. The quantitative estimate of drug-likeness (QED) is 0.635. The first-order valence-electron chi connectivity index (χ1n) is 5.27. The summed E-state index contributed by atoms with van der Waals surface area (Å²) in [6, 6.07) is 6.95. The van der Waals surface area contributed by atoms with Crippen molar-refractivity contribution in [2.24, 2.45) is 0 Å². The van der Waals surface area contributed by atoms with Crippen LogP contribution in [-0.2, 0) is 9.53 Å². The van der Waals surface area contributed by atoms with Crippen LogP contribution in [0.25, 0.3) is 0 Å². The molecule has 0 aliphatic heterocycles. The van der Waals surface area contributed by atoms with Gasteiger partial charge in [0.2, 0.25) is 0 Å². The molecule has 92 valence electrons. The summed E-state index contributed by atoms with van der Waals surface area (Å²) >= 11 is 0. The van der Waals surface area contributed by atoms with Crippen LogP contribution >= 0.6 is 0 Å². The van der Waals surface area contributed by atoms with Gasteiger partial charge in [-0.1, -0.05) is 29.8 Å². The third kappa shape index (κ3) is 3.39. The van der Waals surface area contributed by atoms with Crippen molar-refractivity contribution in [1.29, 1.82) is 0 Å². The van der Waals surface area contributed by atoms with Gasteiger partial charge in [-0.05, 0) is 13.8 Å². The Morgan fingerprint density at radius 1 is 1.29 bits per heavy atom. The van der Waals surface area contributed by atoms with Crippen LogP contribution in [0.2, 0.25) is 0 Å². The summed E-state index contributed by atoms with van der Waals surface area (Å²) in [5.74, 6) is -1.10. The lowest BCUT2D eigenvalue weighted by Gasteiger charge is -2.19. The van der Waals surface area contributed by atoms with E-state index in [2.05, 4.69) is 4.74 Å². The maximum atomic E-state index is 11.8. The lowest BCUT2D eigenvalue weighted by Crippen LogP contribution is -2.38. The first-order chi connectivity index (χ1) is 7.86. The van der Waals surface area contributed by atoms with Crippen molar-refractivity contribution in [3.8, 4) is 0 Å². The number of ether oxygens (including phenoxy) is 1. The Morgan fingerprint density at radius 3 is 2.29 bits per heavy atom. The summed E-state index contributed by atoms with van der Waals surface area (Å²) in [7, 11) is 1.17. The molecule has 0 aliphatic rings. The Morgan fingerprint density at radius 2 is 1.82 bits per heavy atom. The number of aryl methyl sites for hydroxylation is 1. The molecule has 0 spiro atoms. The summed E-state index contributed by atoms with van der Waals surface area (Å²) in [6.07, 6.45) is -0.289. The second-order valence-electron chi connectivity index (χ2n) is 4.23. The first kappa shape index (κ1) is 13.4. The average molecular weight is 236 g/mol. The smallest absolute Gasteiger partial charge is 0.338 e. The van der Waals surface area contributed by atoms with E-state index in [9.17, 15) is 14.7 Å². The van der Waals surface area contributed by atoms with Gasteiger partial charge in [-0.2, -0.15) is 0 Å². The van der Waals surface area contributed by atoms with Gasteiger partial charge in [-0.25, -0.2) is 4.79 Å². The molecule has 0 saturated carbocycles. The molecule has 1 unspecified atom stereocenters. The third-order valence-electron chi connectivity index (χ3n) is 2.50. The van der Waals surface area contributed by atoms with Gasteiger partial charge in [0.05, 0.1) is 13.5 Å². The molecule has 0 bridgehead atoms. The van der Waals surface area contributed by atoms with Crippen LogP contribution in [0.4, 0.5) is 0 Å². The van der Waals surface area contributed by atoms with Crippen LogP contribution in [0, 0.1) is 6.92 Å². The van der Waals surface area contributed by atoms with E-state index in [0.717, 1.165) is 5.56 Å². The minimum Gasteiger partial charge on any atom is -0.467 e. The van der Waals surface area contributed by atoms with Gasteiger partial charge in [0.15, 0.2) is 11.4 Å². The van der Waals surface area contributed by atoms with Gasteiger partial charge in [0.25, 0.3) is 0 Å². The molecule has 0 radical (unpaired) electrons. The van der Waals surface area contributed by atoms with Crippen molar-refractivity contribution >= 4 is 11.8 Å². The number of ketones is 1. The number of carbonyl (C=O) groups is 2. The fourth-order valence-corrected chi connectivity index (χ4v) is 1.45. The van der Waals surface area contributed by atoms with Crippen LogP contribution in [0.3, 0.4) is 0 Å². The van der Waals surface area contributed by atoms with Crippen LogP contribution < -0.4 is 0 Å². The Bertz CT molecular complexity index is 418. The molecule has 1 atom stereocenters.